The maximum absolute atomic E-state index is 12.1. The van der Waals surface area contributed by atoms with Crippen molar-refractivity contribution < 1.29 is 19.4 Å². The van der Waals surface area contributed by atoms with E-state index in [9.17, 15) is 9.59 Å². The van der Waals surface area contributed by atoms with Gasteiger partial charge in [-0.05, 0) is 25.5 Å². The monoisotopic (exact) mass is 330 g/mol. The number of carbonyl (C=O) groups excluding carboxylic acids is 1. The largest absolute Gasteiger partial charge is 0.495 e. The fourth-order valence-electron chi connectivity index (χ4n) is 1.93. The van der Waals surface area contributed by atoms with Crippen LogP contribution < -0.4 is 15.4 Å². The number of methoxy groups -OCH3 is 1. The Morgan fingerprint density at radius 1 is 1.32 bits per heavy atom. The Labute approximate surface area is 136 Å². The molecule has 1 amide bonds. The van der Waals surface area contributed by atoms with Gasteiger partial charge in [-0.1, -0.05) is 25.5 Å². The van der Waals surface area contributed by atoms with Crippen LogP contribution in [0.15, 0.2) is 24.3 Å². The highest BCUT2D eigenvalue weighted by Gasteiger charge is 2.22. The van der Waals surface area contributed by atoms with Gasteiger partial charge in [-0.15, -0.1) is 12.4 Å². The first kappa shape index (κ1) is 20.2. The van der Waals surface area contributed by atoms with Gasteiger partial charge in [0.15, 0.2) is 0 Å². The smallest absolute Gasteiger partial charge is 0.320 e. The molecule has 1 aromatic carbocycles. The normalized spacial score (nSPS) is 12.7. The first-order valence-corrected chi connectivity index (χ1v) is 6.92. The van der Waals surface area contributed by atoms with Gasteiger partial charge in [-0.3, -0.25) is 14.9 Å². The Bertz CT molecular complexity index is 496. The number of carboxylic acids is 1. The minimum Gasteiger partial charge on any atom is -0.495 e. The zero-order valence-electron chi connectivity index (χ0n) is 13.0. The number of nitrogens with one attached hydrogen (secondary N) is 2. The van der Waals surface area contributed by atoms with E-state index in [0.29, 0.717) is 17.9 Å². The van der Waals surface area contributed by atoms with Crippen molar-refractivity contribution in [3.8, 4) is 5.75 Å². The minimum absolute atomic E-state index is 0. The van der Waals surface area contributed by atoms with Crippen molar-refractivity contribution in [2.24, 2.45) is 0 Å². The molecule has 7 heteroatoms. The number of anilines is 1. The molecule has 0 aromatic heterocycles. The molecule has 0 aliphatic heterocycles. The van der Waals surface area contributed by atoms with Crippen LogP contribution in [0.2, 0.25) is 0 Å². The van der Waals surface area contributed by atoms with Crippen LogP contribution in [0.4, 0.5) is 5.69 Å². The SMILES string of the molecule is CCCC(NC(C)C(=O)Nc1ccccc1OC)C(=O)O.Cl. The van der Waals surface area contributed by atoms with E-state index in [4.69, 9.17) is 9.84 Å². The molecule has 22 heavy (non-hydrogen) atoms. The quantitative estimate of drug-likeness (QED) is 0.680. The van der Waals surface area contributed by atoms with Crippen LogP contribution in [-0.2, 0) is 9.59 Å². The van der Waals surface area contributed by atoms with Crippen molar-refractivity contribution >= 4 is 30.0 Å². The van der Waals surface area contributed by atoms with Crippen LogP contribution >= 0.6 is 12.4 Å². The molecule has 3 N–H and O–H groups in total. The lowest BCUT2D eigenvalue weighted by Crippen LogP contribution is -2.47. The average Bonchev–Trinajstić information content (AvgIpc) is 2.47. The molecule has 0 saturated heterocycles. The van der Waals surface area contributed by atoms with Gasteiger partial charge in [-0.25, -0.2) is 0 Å². The summed E-state index contributed by atoms with van der Waals surface area (Å²) in [7, 11) is 1.52. The maximum Gasteiger partial charge on any atom is 0.320 e. The Hall–Kier alpha value is -1.79. The molecule has 2 atom stereocenters. The number of para-hydroxylation sites is 2. The molecule has 124 valence electrons. The van der Waals surface area contributed by atoms with Crippen LogP contribution in [0.3, 0.4) is 0 Å². The molecule has 1 rings (SSSR count). The van der Waals surface area contributed by atoms with E-state index in [1.54, 1.807) is 31.2 Å². The number of ether oxygens (including phenoxy) is 1. The van der Waals surface area contributed by atoms with Crippen molar-refractivity contribution in [3.05, 3.63) is 24.3 Å². The lowest BCUT2D eigenvalue weighted by Gasteiger charge is -2.20. The first-order chi connectivity index (χ1) is 9.99. The van der Waals surface area contributed by atoms with E-state index >= 15 is 0 Å². The number of hydrogen-bond donors (Lipinski definition) is 3. The minimum atomic E-state index is -0.950. The van der Waals surface area contributed by atoms with Gasteiger partial charge >= 0.3 is 5.97 Å². The van der Waals surface area contributed by atoms with Crippen molar-refractivity contribution in [1.29, 1.82) is 0 Å². The Balaban J connectivity index is 0.00000441. The lowest BCUT2D eigenvalue weighted by molar-refractivity contribution is -0.140. The molecule has 0 aliphatic rings. The number of aliphatic carboxylic acids is 1. The average molecular weight is 331 g/mol. The summed E-state index contributed by atoms with van der Waals surface area (Å²) >= 11 is 0. The molecule has 2 unspecified atom stereocenters. The van der Waals surface area contributed by atoms with Gasteiger partial charge < -0.3 is 15.2 Å². The van der Waals surface area contributed by atoms with Crippen LogP contribution in [-0.4, -0.2) is 36.2 Å². The third kappa shape index (κ3) is 5.91. The van der Waals surface area contributed by atoms with Gasteiger partial charge in [0.25, 0.3) is 0 Å². The summed E-state index contributed by atoms with van der Waals surface area (Å²) in [5.41, 5.74) is 0.556. The molecule has 0 radical (unpaired) electrons. The number of benzene rings is 1. The summed E-state index contributed by atoms with van der Waals surface area (Å²) in [5, 5.41) is 14.6. The molecular weight excluding hydrogens is 308 g/mol. The summed E-state index contributed by atoms with van der Waals surface area (Å²) in [6.07, 6.45) is 1.20. The summed E-state index contributed by atoms with van der Waals surface area (Å²) in [4.78, 5) is 23.2. The fraction of sp³-hybridized carbons (Fsp3) is 0.467. The van der Waals surface area contributed by atoms with E-state index in [0.717, 1.165) is 6.42 Å². The van der Waals surface area contributed by atoms with Crippen molar-refractivity contribution in [3.63, 3.8) is 0 Å². The number of carboxylic acid groups (broad SMARTS) is 1. The maximum atomic E-state index is 12.1. The van der Waals surface area contributed by atoms with E-state index in [-0.39, 0.29) is 18.3 Å². The van der Waals surface area contributed by atoms with Crippen LogP contribution in [0.25, 0.3) is 0 Å². The van der Waals surface area contributed by atoms with Crippen LogP contribution in [0.1, 0.15) is 26.7 Å². The molecule has 0 heterocycles. The number of hydrogen-bond acceptors (Lipinski definition) is 4. The third-order valence-corrected chi connectivity index (χ3v) is 3.08. The Morgan fingerprint density at radius 3 is 2.50 bits per heavy atom. The number of halogens is 1. The van der Waals surface area contributed by atoms with E-state index in [1.165, 1.54) is 7.11 Å². The molecule has 6 nitrogen and oxygen atoms in total. The molecule has 0 bridgehead atoms. The second-order valence-corrected chi connectivity index (χ2v) is 4.76. The molecular formula is C15H23ClN2O4. The Morgan fingerprint density at radius 2 is 1.95 bits per heavy atom. The predicted octanol–water partition coefficient (Wildman–Crippen LogP) is 2.29. The fourth-order valence-corrected chi connectivity index (χ4v) is 1.93. The molecule has 0 fully saturated rings. The van der Waals surface area contributed by atoms with Crippen molar-refractivity contribution in [1.82, 2.24) is 5.32 Å². The van der Waals surface area contributed by atoms with E-state index in [2.05, 4.69) is 10.6 Å². The van der Waals surface area contributed by atoms with Crippen LogP contribution in [0, 0.1) is 0 Å². The zero-order chi connectivity index (χ0) is 15.8. The van der Waals surface area contributed by atoms with Crippen LogP contribution in [0.5, 0.6) is 5.75 Å². The number of carbonyl (C=O) groups is 2. The van der Waals surface area contributed by atoms with E-state index in [1.807, 2.05) is 6.92 Å². The topological polar surface area (TPSA) is 87.7 Å². The van der Waals surface area contributed by atoms with E-state index < -0.39 is 18.1 Å². The number of amides is 1. The molecule has 0 spiro atoms. The van der Waals surface area contributed by atoms with Gasteiger partial charge in [0.1, 0.15) is 11.8 Å². The summed E-state index contributed by atoms with van der Waals surface area (Å²) in [6, 6.07) is 5.70. The summed E-state index contributed by atoms with van der Waals surface area (Å²) in [5.74, 6) is -0.697. The summed E-state index contributed by atoms with van der Waals surface area (Å²) < 4.78 is 5.15. The standard InChI is InChI=1S/C15H22N2O4.ClH/c1-4-7-12(15(19)20)16-10(2)14(18)17-11-8-5-6-9-13(11)21-3;/h5-6,8-10,12,16H,4,7H2,1-3H3,(H,17,18)(H,19,20);1H. The molecule has 0 saturated carbocycles. The Kier molecular flexibility index (Phi) is 9.21. The zero-order valence-corrected chi connectivity index (χ0v) is 13.8. The predicted molar refractivity (Wildman–Crippen MR) is 87.8 cm³/mol. The van der Waals surface area contributed by atoms with Crippen molar-refractivity contribution in [2.75, 3.05) is 12.4 Å². The van der Waals surface area contributed by atoms with Gasteiger partial charge in [0.05, 0.1) is 18.8 Å². The van der Waals surface area contributed by atoms with Gasteiger partial charge in [0, 0.05) is 0 Å². The highest BCUT2D eigenvalue weighted by molar-refractivity contribution is 5.96. The third-order valence-electron chi connectivity index (χ3n) is 3.08. The second-order valence-electron chi connectivity index (χ2n) is 4.76. The highest BCUT2D eigenvalue weighted by atomic mass is 35.5. The van der Waals surface area contributed by atoms with Gasteiger partial charge in [0.2, 0.25) is 5.91 Å². The van der Waals surface area contributed by atoms with Crippen molar-refractivity contribution in [2.45, 2.75) is 38.8 Å². The molecule has 1 aromatic rings. The molecule has 0 aliphatic carbocycles. The number of rotatable bonds is 8. The lowest BCUT2D eigenvalue weighted by atomic mass is 10.1. The first-order valence-electron chi connectivity index (χ1n) is 6.92. The van der Waals surface area contributed by atoms with Gasteiger partial charge in [-0.2, -0.15) is 0 Å². The highest BCUT2D eigenvalue weighted by Crippen LogP contribution is 2.23. The summed E-state index contributed by atoms with van der Waals surface area (Å²) in [6.45, 7) is 3.54. The second kappa shape index (κ2) is 10.0.